The SMILES string of the molecule is C=COCCn1c(=N)n(CCC)c2ccccc21.Cl. The van der Waals surface area contributed by atoms with Crippen molar-refractivity contribution in [2.75, 3.05) is 6.61 Å². The Hall–Kier alpha value is -1.68. The highest BCUT2D eigenvalue weighted by Gasteiger charge is 2.09. The molecule has 0 amide bonds. The summed E-state index contributed by atoms with van der Waals surface area (Å²) in [6.45, 7) is 7.73. The van der Waals surface area contributed by atoms with Gasteiger partial charge in [0.1, 0.15) is 6.61 Å². The molecule has 19 heavy (non-hydrogen) atoms. The van der Waals surface area contributed by atoms with Crippen molar-refractivity contribution in [2.24, 2.45) is 0 Å². The molecule has 0 aliphatic rings. The third kappa shape index (κ3) is 3.01. The standard InChI is InChI=1S/C14H19N3O.ClH/c1-3-9-16-12-7-5-6-8-13(12)17(14(16)15)10-11-18-4-2;/h4-8,15H,2-3,9-11H2,1H3;1H. The molecule has 0 aliphatic carbocycles. The zero-order chi connectivity index (χ0) is 13.0. The molecule has 0 saturated carbocycles. The second kappa shape index (κ2) is 7.04. The fourth-order valence-corrected chi connectivity index (χ4v) is 2.20. The molecule has 0 bridgehead atoms. The number of hydrogen-bond donors (Lipinski definition) is 1. The number of aryl methyl sites for hydroxylation is 1. The molecule has 1 N–H and O–H groups in total. The predicted octanol–water partition coefficient (Wildman–Crippen LogP) is 2.91. The Bertz CT molecular complexity index is 600. The van der Waals surface area contributed by atoms with Gasteiger partial charge in [-0.3, -0.25) is 5.41 Å². The monoisotopic (exact) mass is 281 g/mol. The van der Waals surface area contributed by atoms with Crippen LogP contribution >= 0.6 is 12.4 Å². The van der Waals surface area contributed by atoms with Gasteiger partial charge < -0.3 is 13.9 Å². The molecule has 0 unspecified atom stereocenters. The van der Waals surface area contributed by atoms with E-state index >= 15 is 0 Å². The highest BCUT2D eigenvalue weighted by Crippen LogP contribution is 2.12. The maximum absolute atomic E-state index is 8.26. The number of benzene rings is 1. The summed E-state index contributed by atoms with van der Waals surface area (Å²) in [5.41, 5.74) is 2.73. The van der Waals surface area contributed by atoms with Crippen molar-refractivity contribution in [2.45, 2.75) is 26.4 Å². The summed E-state index contributed by atoms with van der Waals surface area (Å²) in [7, 11) is 0. The van der Waals surface area contributed by atoms with E-state index in [0.29, 0.717) is 18.8 Å². The molecule has 104 valence electrons. The van der Waals surface area contributed by atoms with Crippen LogP contribution in [0.2, 0.25) is 0 Å². The van der Waals surface area contributed by atoms with Gasteiger partial charge in [0.15, 0.2) is 0 Å². The van der Waals surface area contributed by atoms with Gasteiger partial charge in [0, 0.05) is 6.54 Å². The van der Waals surface area contributed by atoms with Gasteiger partial charge in [0.25, 0.3) is 0 Å². The molecule has 5 heteroatoms. The Kier molecular flexibility index (Phi) is 5.70. The summed E-state index contributed by atoms with van der Waals surface area (Å²) in [6.07, 6.45) is 2.46. The van der Waals surface area contributed by atoms with E-state index in [0.717, 1.165) is 24.0 Å². The molecule has 1 aromatic heterocycles. The number of hydrogen-bond acceptors (Lipinski definition) is 2. The number of nitrogens with one attached hydrogen (secondary N) is 1. The zero-order valence-corrected chi connectivity index (χ0v) is 11.9. The number of ether oxygens (including phenoxy) is 1. The third-order valence-corrected chi connectivity index (χ3v) is 2.97. The van der Waals surface area contributed by atoms with Gasteiger partial charge in [-0.05, 0) is 18.6 Å². The third-order valence-electron chi connectivity index (χ3n) is 2.97. The number of nitrogens with zero attached hydrogens (tertiary/aromatic N) is 2. The van der Waals surface area contributed by atoms with E-state index < -0.39 is 0 Å². The van der Waals surface area contributed by atoms with Crippen LogP contribution < -0.4 is 5.62 Å². The zero-order valence-electron chi connectivity index (χ0n) is 11.1. The Morgan fingerprint density at radius 2 is 1.79 bits per heavy atom. The van der Waals surface area contributed by atoms with Crippen LogP contribution in [0.1, 0.15) is 13.3 Å². The molecule has 0 atom stereocenters. The van der Waals surface area contributed by atoms with Gasteiger partial charge in [-0.1, -0.05) is 25.6 Å². The number of para-hydroxylation sites is 2. The van der Waals surface area contributed by atoms with Gasteiger partial charge in [-0.25, -0.2) is 0 Å². The summed E-state index contributed by atoms with van der Waals surface area (Å²) in [6, 6.07) is 8.13. The molecule has 2 aromatic rings. The van der Waals surface area contributed by atoms with E-state index in [-0.39, 0.29) is 12.4 Å². The summed E-state index contributed by atoms with van der Waals surface area (Å²) in [4.78, 5) is 0. The molecule has 1 aromatic carbocycles. The minimum Gasteiger partial charge on any atom is -0.500 e. The molecule has 0 spiro atoms. The van der Waals surface area contributed by atoms with Crippen molar-refractivity contribution in [3.8, 4) is 0 Å². The largest absolute Gasteiger partial charge is 0.500 e. The smallest absolute Gasteiger partial charge is 0.203 e. The summed E-state index contributed by atoms with van der Waals surface area (Å²) < 4.78 is 9.19. The highest BCUT2D eigenvalue weighted by atomic mass is 35.5. The summed E-state index contributed by atoms with van der Waals surface area (Å²) in [5.74, 6) is 0. The lowest BCUT2D eigenvalue weighted by Crippen LogP contribution is -2.25. The summed E-state index contributed by atoms with van der Waals surface area (Å²) in [5, 5.41) is 8.26. The molecular weight excluding hydrogens is 262 g/mol. The number of imidazole rings is 1. The molecule has 1 heterocycles. The minimum absolute atomic E-state index is 0. The van der Waals surface area contributed by atoms with Crippen LogP contribution in [0.5, 0.6) is 0 Å². The lowest BCUT2D eigenvalue weighted by Gasteiger charge is -2.04. The quantitative estimate of drug-likeness (QED) is 0.642. The van der Waals surface area contributed by atoms with Crippen LogP contribution in [0.25, 0.3) is 11.0 Å². The van der Waals surface area contributed by atoms with Gasteiger partial charge in [-0.2, -0.15) is 0 Å². The van der Waals surface area contributed by atoms with Crippen molar-refractivity contribution >= 4 is 23.4 Å². The average Bonchev–Trinajstić information content (AvgIpc) is 2.65. The van der Waals surface area contributed by atoms with Gasteiger partial charge in [0.2, 0.25) is 5.62 Å². The lowest BCUT2D eigenvalue weighted by molar-refractivity contribution is 0.235. The maximum atomic E-state index is 8.26. The van der Waals surface area contributed by atoms with Crippen LogP contribution in [0.4, 0.5) is 0 Å². The minimum atomic E-state index is 0. The Morgan fingerprint density at radius 1 is 1.21 bits per heavy atom. The number of aromatic nitrogens is 2. The first-order chi connectivity index (χ1) is 8.79. The molecule has 0 aliphatic heterocycles. The van der Waals surface area contributed by atoms with Crippen molar-refractivity contribution in [3.05, 3.63) is 42.7 Å². The van der Waals surface area contributed by atoms with E-state index in [1.807, 2.05) is 27.3 Å². The normalized spacial score (nSPS) is 10.2. The van der Waals surface area contributed by atoms with Gasteiger partial charge in [0.05, 0.1) is 23.8 Å². The lowest BCUT2D eigenvalue weighted by atomic mass is 10.3. The Balaban J connectivity index is 0.00000180. The molecule has 0 fully saturated rings. The first kappa shape index (κ1) is 15.4. The van der Waals surface area contributed by atoms with Crippen LogP contribution in [0.3, 0.4) is 0 Å². The number of fused-ring (bicyclic) bond motifs is 1. The second-order valence-electron chi connectivity index (χ2n) is 4.15. The fraction of sp³-hybridized carbons (Fsp3) is 0.357. The molecule has 2 rings (SSSR count). The van der Waals surface area contributed by atoms with Crippen LogP contribution in [0.15, 0.2) is 37.1 Å². The number of halogens is 1. The highest BCUT2D eigenvalue weighted by molar-refractivity contribution is 5.85. The molecule has 0 saturated heterocycles. The molecule has 0 radical (unpaired) electrons. The number of rotatable bonds is 6. The van der Waals surface area contributed by atoms with E-state index in [4.69, 9.17) is 10.1 Å². The molecule has 4 nitrogen and oxygen atoms in total. The van der Waals surface area contributed by atoms with Crippen LogP contribution in [-0.2, 0) is 17.8 Å². The van der Waals surface area contributed by atoms with Crippen LogP contribution in [-0.4, -0.2) is 15.7 Å². The topological polar surface area (TPSA) is 42.9 Å². The second-order valence-corrected chi connectivity index (χ2v) is 4.15. The fourth-order valence-electron chi connectivity index (χ4n) is 2.20. The van der Waals surface area contributed by atoms with Crippen molar-refractivity contribution in [1.29, 1.82) is 5.41 Å². The molecular formula is C14H20ClN3O. The van der Waals surface area contributed by atoms with Crippen molar-refractivity contribution < 1.29 is 4.74 Å². The van der Waals surface area contributed by atoms with Gasteiger partial charge in [-0.15, -0.1) is 12.4 Å². The van der Waals surface area contributed by atoms with E-state index in [1.165, 1.54) is 6.26 Å². The van der Waals surface area contributed by atoms with E-state index in [1.54, 1.807) is 0 Å². The van der Waals surface area contributed by atoms with Crippen LogP contribution in [0, 0.1) is 5.41 Å². The first-order valence-electron chi connectivity index (χ1n) is 6.24. The predicted molar refractivity (Wildman–Crippen MR) is 79.5 cm³/mol. The maximum Gasteiger partial charge on any atom is 0.203 e. The Labute approximate surface area is 119 Å². The Morgan fingerprint density at radius 3 is 2.32 bits per heavy atom. The van der Waals surface area contributed by atoms with E-state index in [9.17, 15) is 0 Å². The van der Waals surface area contributed by atoms with Gasteiger partial charge >= 0.3 is 0 Å². The first-order valence-corrected chi connectivity index (χ1v) is 6.24. The van der Waals surface area contributed by atoms with Crippen molar-refractivity contribution in [3.63, 3.8) is 0 Å². The summed E-state index contributed by atoms with van der Waals surface area (Å²) >= 11 is 0. The van der Waals surface area contributed by atoms with E-state index in [2.05, 4.69) is 19.6 Å². The average molecular weight is 282 g/mol. The van der Waals surface area contributed by atoms with Crippen molar-refractivity contribution in [1.82, 2.24) is 9.13 Å².